The molecule has 2 heterocycles. The highest BCUT2D eigenvalue weighted by molar-refractivity contribution is 7.98. The van der Waals surface area contributed by atoms with E-state index in [9.17, 15) is 0 Å². The molecule has 0 aliphatic carbocycles. The molecule has 0 fully saturated rings. The van der Waals surface area contributed by atoms with Gasteiger partial charge >= 0.3 is 0 Å². The first kappa shape index (κ1) is 21.6. The highest BCUT2D eigenvalue weighted by Crippen LogP contribution is 2.37. The Morgan fingerprint density at radius 2 is 2.06 bits per heavy atom. The van der Waals surface area contributed by atoms with Crippen molar-refractivity contribution >= 4 is 46.3 Å². The van der Waals surface area contributed by atoms with Gasteiger partial charge in [-0.05, 0) is 55.2 Å². The van der Waals surface area contributed by atoms with Gasteiger partial charge in [-0.15, -0.1) is 18.3 Å². The molecule has 31 heavy (non-hydrogen) atoms. The molecule has 1 unspecified atom stereocenters. The van der Waals surface area contributed by atoms with Crippen molar-refractivity contribution < 1.29 is 4.52 Å². The van der Waals surface area contributed by atoms with Crippen molar-refractivity contribution in [2.24, 2.45) is 0 Å². The molecule has 4 rings (SSSR count). The Bertz CT molecular complexity index is 1160. The number of benzene rings is 2. The second-order valence-electron chi connectivity index (χ2n) is 6.99. The average molecular weight is 469 g/mol. The van der Waals surface area contributed by atoms with E-state index in [4.69, 9.17) is 33.3 Å². The highest BCUT2D eigenvalue weighted by Gasteiger charge is 2.33. The number of halogens is 1. The first-order valence-corrected chi connectivity index (χ1v) is 11.7. The summed E-state index contributed by atoms with van der Waals surface area (Å²) in [5.41, 5.74) is 3.69. The minimum Gasteiger partial charge on any atom is -0.351 e. The van der Waals surface area contributed by atoms with Crippen LogP contribution >= 0.6 is 35.6 Å². The number of hydrogen-bond acceptors (Lipinski definition) is 5. The number of thiocarbonyl (C=S) groups is 1. The molecule has 1 aromatic heterocycles. The maximum absolute atomic E-state index is 6.13. The van der Waals surface area contributed by atoms with Gasteiger partial charge in [-0.25, -0.2) is 0 Å². The van der Waals surface area contributed by atoms with E-state index >= 15 is 0 Å². The predicted molar refractivity (Wildman–Crippen MR) is 131 cm³/mol. The number of thioether (sulfide) groups is 1. The molecule has 1 aliphatic rings. The smallest absolute Gasteiger partial charge is 0.258 e. The molecule has 1 aliphatic heterocycles. The lowest BCUT2D eigenvalue weighted by Gasteiger charge is -2.36. The summed E-state index contributed by atoms with van der Waals surface area (Å²) in [7, 11) is 0. The van der Waals surface area contributed by atoms with Gasteiger partial charge in [0.05, 0.1) is 11.6 Å². The van der Waals surface area contributed by atoms with E-state index in [1.54, 1.807) is 11.8 Å². The van der Waals surface area contributed by atoms with E-state index < -0.39 is 0 Å². The monoisotopic (exact) mass is 468 g/mol. The van der Waals surface area contributed by atoms with Gasteiger partial charge in [-0.3, -0.25) is 0 Å². The van der Waals surface area contributed by atoms with Crippen LogP contribution in [-0.2, 0) is 0 Å². The Labute approximate surface area is 196 Å². The molecular formula is C23H21ClN4OS2. The van der Waals surface area contributed by atoms with Crippen LogP contribution in [0.15, 0.2) is 76.3 Å². The summed E-state index contributed by atoms with van der Waals surface area (Å²) < 4.78 is 5.73. The molecule has 8 heteroatoms. The van der Waals surface area contributed by atoms with Crippen LogP contribution in [0.4, 0.5) is 0 Å². The molecule has 2 aromatic carbocycles. The third-order valence-corrected chi connectivity index (χ3v) is 6.41. The zero-order valence-electron chi connectivity index (χ0n) is 17.1. The normalized spacial score (nSPS) is 16.4. The maximum Gasteiger partial charge on any atom is 0.258 e. The molecule has 1 N–H and O–H groups in total. The Morgan fingerprint density at radius 1 is 1.29 bits per heavy atom. The van der Waals surface area contributed by atoms with E-state index in [0.717, 1.165) is 22.4 Å². The third kappa shape index (κ3) is 4.39. The van der Waals surface area contributed by atoms with Crippen molar-refractivity contribution in [3.05, 3.63) is 83.4 Å². The van der Waals surface area contributed by atoms with Gasteiger partial charge in [0.2, 0.25) is 5.82 Å². The lowest BCUT2D eigenvalue weighted by atomic mass is 9.95. The molecule has 5 nitrogen and oxygen atoms in total. The Hall–Kier alpha value is -2.61. The molecule has 0 spiro atoms. The van der Waals surface area contributed by atoms with Crippen LogP contribution in [-0.4, -0.2) is 33.0 Å². The number of hydrogen-bond donors (Lipinski definition) is 1. The molecule has 0 saturated carbocycles. The summed E-state index contributed by atoms with van der Waals surface area (Å²) in [6.45, 7) is 6.44. The second-order valence-corrected chi connectivity index (χ2v) is 8.69. The van der Waals surface area contributed by atoms with Gasteiger partial charge in [0.15, 0.2) is 5.11 Å². The van der Waals surface area contributed by atoms with Crippen molar-refractivity contribution in [2.45, 2.75) is 17.9 Å². The van der Waals surface area contributed by atoms with Crippen molar-refractivity contribution in [2.75, 3.05) is 12.8 Å². The van der Waals surface area contributed by atoms with E-state index in [1.807, 2.05) is 42.2 Å². The van der Waals surface area contributed by atoms with Crippen molar-refractivity contribution in [3.8, 4) is 11.4 Å². The van der Waals surface area contributed by atoms with E-state index in [0.29, 0.717) is 28.4 Å². The zero-order chi connectivity index (χ0) is 22.0. The van der Waals surface area contributed by atoms with Crippen molar-refractivity contribution in [3.63, 3.8) is 0 Å². The quantitative estimate of drug-likeness (QED) is 0.272. The van der Waals surface area contributed by atoms with Gasteiger partial charge in [0, 0.05) is 27.7 Å². The van der Waals surface area contributed by atoms with E-state index in [1.165, 1.54) is 4.90 Å². The first-order chi connectivity index (χ1) is 15.0. The first-order valence-electron chi connectivity index (χ1n) is 9.65. The molecule has 0 bridgehead atoms. The summed E-state index contributed by atoms with van der Waals surface area (Å²) in [5.74, 6) is 0.924. The third-order valence-electron chi connectivity index (χ3n) is 5.10. The van der Waals surface area contributed by atoms with Crippen LogP contribution in [0.2, 0.25) is 5.02 Å². The summed E-state index contributed by atoms with van der Waals surface area (Å²) in [6, 6.07) is 15.6. The highest BCUT2D eigenvalue weighted by atomic mass is 35.5. The summed E-state index contributed by atoms with van der Waals surface area (Å²) in [4.78, 5) is 7.86. The molecule has 0 radical (unpaired) electrons. The summed E-state index contributed by atoms with van der Waals surface area (Å²) in [5, 5.41) is 8.89. The fourth-order valence-corrected chi connectivity index (χ4v) is 4.46. The Kier molecular flexibility index (Phi) is 6.46. The molecule has 0 saturated heterocycles. The summed E-state index contributed by atoms with van der Waals surface area (Å²) >= 11 is 13.5. The van der Waals surface area contributed by atoms with Gasteiger partial charge in [0.1, 0.15) is 0 Å². The number of nitrogens with zero attached hydrogens (tertiary/aromatic N) is 3. The minimum atomic E-state index is -0.211. The van der Waals surface area contributed by atoms with Crippen molar-refractivity contribution in [1.82, 2.24) is 20.4 Å². The molecule has 0 amide bonds. The second kappa shape index (κ2) is 9.26. The standard InChI is InChI=1S/C23H21ClN4OS2/c1-4-12-28-14(2)19(20(25-23(28)30)15-8-10-18(31-3)11-9-15)22-26-21(27-29-22)16-6-5-7-17(24)13-16/h4-11,13,20H,1,12H2,2-3H3,(H,25,30). The SMILES string of the molecule is C=CCN1C(=S)NC(c2ccc(SC)cc2)C(c2nc(-c3cccc(Cl)c3)no2)=C1C. The van der Waals surface area contributed by atoms with Gasteiger partial charge in [0.25, 0.3) is 5.89 Å². The van der Waals surface area contributed by atoms with Gasteiger partial charge in [-0.2, -0.15) is 4.98 Å². The molecule has 3 aromatic rings. The fraction of sp³-hybridized carbons (Fsp3) is 0.174. The van der Waals surface area contributed by atoms with Crippen LogP contribution in [0.3, 0.4) is 0 Å². The molecule has 158 valence electrons. The predicted octanol–water partition coefficient (Wildman–Crippen LogP) is 5.96. The lowest BCUT2D eigenvalue weighted by molar-refractivity contribution is 0.399. The lowest BCUT2D eigenvalue weighted by Crippen LogP contribution is -2.45. The minimum absolute atomic E-state index is 0.211. The Morgan fingerprint density at radius 3 is 2.74 bits per heavy atom. The molecular weight excluding hydrogens is 448 g/mol. The van der Waals surface area contributed by atoms with Gasteiger partial charge < -0.3 is 14.7 Å². The number of allylic oxidation sites excluding steroid dienone is 1. The van der Waals surface area contributed by atoms with Crippen LogP contribution in [0.5, 0.6) is 0 Å². The Balaban J connectivity index is 1.81. The van der Waals surface area contributed by atoms with Crippen LogP contribution < -0.4 is 5.32 Å². The number of rotatable bonds is 6. The summed E-state index contributed by atoms with van der Waals surface area (Å²) in [6.07, 6.45) is 3.87. The maximum atomic E-state index is 6.13. The fourth-order valence-electron chi connectivity index (χ4n) is 3.53. The topological polar surface area (TPSA) is 54.2 Å². The zero-order valence-corrected chi connectivity index (χ0v) is 19.5. The largest absolute Gasteiger partial charge is 0.351 e. The van der Waals surface area contributed by atoms with E-state index in [2.05, 4.69) is 47.6 Å². The van der Waals surface area contributed by atoms with Crippen LogP contribution in [0.1, 0.15) is 24.4 Å². The van der Waals surface area contributed by atoms with Gasteiger partial charge in [-0.1, -0.05) is 47.1 Å². The van der Waals surface area contributed by atoms with E-state index in [-0.39, 0.29) is 6.04 Å². The van der Waals surface area contributed by atoms with Crippen LogP contribution in [0.25, 0.3) is 17.0 Å². The molecule has 1 atom stereocenters. The van der Waals surface area contributed by atoms with Crippen LogP contribution in [0, 0.1) is 0 Å². The number of aromatic nitrogens is 2. The average Bonchev–Trinajstić information content (AvgIpc) is 3.26. The van der Waals surface area contributed by atoms with Crippen molar-refractivity contribution in [1.29, 1.82) is 0 Å². The number of nitrogens with one attached hydrogen (secondary N) is 1.